The molecule has 0 aromatic carbocycles. The topological polar surface area (TPSA) is 90.4 Å². The van der Waals surface area contributed by atoms with Gasteiger partial charge in [0.1, 0.15) is 5.82 Å². The van der Waals surface area contributed by atoms with Gasteiger partial charge in [-0.1, -0.05) is 6.92 Å². The number of nitrogens with zero attached hydrogens (tertiary/aromatic N) is 2. The molecule has 1 atom stereocenters. The third-order valence-electron chi connectivity index (χ3n) is 2.48. The molecule has 0 amide bonds. The molecular formula is C10H14N4O2. The van der Waals surface area contributed by atoms with Crippen LogP contribution in [0.15, 0.2) is 9.79 Å². The normalized spacial score (nSPS) is 16.1. The summed E-state index contributed by atoms with van der Waals surface area (Å²) in [5.41, 5.74) is 0.543. The molecule has 0 aliphatic carbocycles. The SMILES string of the molecule is CCC(O)C1=Nc2c(nc(C)[nH]c2=O)NC1. The first-order valence-electron chi connectivity index (χ1n) is 5.22. The van der Waals surface area contributed by atoms with Gasteiger partial charge in [-0.3, -0.25) is 4.79 Å². The Bertz CT molecular complexity index is 492. The van der Waals surface area contributed by atoms with Gasteiger partial charge in [0.25, 0.3) is 5.56 Å². The van der Waals surface area contributed by atoms with Crippen LogP contribution in [-0.4, -0.2) is 33.4 Å². The van der Waals surface area contributed by atoms with E-state index in [1.165, 1.54) is 0 Å². The second-order valence-corrected chi connectivity index (χ2v) is 3.73. The van der Waals surface area contributed by atoms with Crippen molar-refractivity contribution in [1.82, 2.24) is 9.97 Å². The molecule has 0 bridgehead atoms. The van der Waals surface area contributed by atoms with Crippen LogP contribution in [0.3, 0.4) is 0 Å². The molecule has 6 nitrogen and oxygen atoms in total. The summed E-state index contributed by atoms with van der Waals surface area (Å²) in [6.45, 7) is 4.00. The van der Waals surface area contributed by atoms with Crippen LogP contribution in [0.1, 0.15) is 19.2 Å². The van der Waals surface area contributed by atoms with E-state index in [4.69, 9.17) is 0 Å². The number of rotatable bonds is 2. The van der Waals surface area contributed by atoms with E-state index in [1.807, 2.05) is 6.92 Å². The quantitative estimate of drug-likeness (QED) is 0.673. The van der Waals surface area contributed by atoms with Gasteiger partial charge >= 0.3 is 0 Å². The van der Waals surface area contributed by atoms with Crippen molar-refractivity contribution < 1.29 is 5.11 Å². The highest BCUT2D eigenvalue weighted by Gasteiger charge is 2.19. The molecule has 1 aliphatic heterocycles. The Morgan fingerprint density at radius 1 is 1.56 bits per heavy atom. The summed E-state index contributed by atoms with van der Waals surface area (Å²) >= 11 is 0. The van der Waals surface area contributed by atoms with Crippen LogP contribution in [0, 0.1) is 6.92 Å². The molecule has 1 aromatic rings. The molecule has 1 aliphatic rings. The van der Waals surface area contributed by atoms with Crippen molar-refractivity contribution in [2.45, 2.75) is 26.4 Å². The van der Waals surface area contributed by atoms with E-state index in [2.05, 4.69) is 20.3 Å². The van der Waals surface area contributed by atoms with E-state index in [1.54, 1.807) is 6.92 Å². The number of anilines is 1. The smallest absolute Gasteiger partial charge is 0.279 e. The van der Waals surface area contributed by atoms with Crippen molar-refractivity contribution in [2.24, 2.45) is 4.99 Å². The maximum absolute atomic E-state index is 11.6. The average molecular weight is 222 g/mol. The van der Waals surface area contributed by atoms with Crippen LogP contribution in [0.25, 0.3) is 0 Å². The molecule has 0 radical (unpaired) electrons. The molecule has 86 valence electrons. The number of aromatic amines is 1. The molecular weight excluding hydrogens is 208 g/mol. The maximum Gasteiger partial charge on any atom is 0.279 e. The van der Waals surface area contributed by atoms with Gasteiger partial charge in [0.05, 0.1) is 18.4 Å². The van der Waals surface area contributed by atoms with Crippen molar-refractivity contribution in [3.63, 3.8) is 0 Å². The predicted octanol–water partition coefficient (Wildman–Crippen LogP) is 0.347. The zero-order valence-corrected chi connectivity index (χ0v) is 9.24. The average Bonchev–Trinajstić information content (AvgIpc) is 2.27. The molecule has 1 aromatic heterocycles. The standard InChI is InChI=1S/C10H14N4O2/c1-3-7(15)6-4-11-9-8(14-6)10(16)13-5(2)12-9/h7,15H,3-4H2,1-2H3,(H2,11,12,13,16). The number of hydrogen-bond donors (Lipinski definition) is 3. The summed E-state index contributed by atoms with van der Waals surface area (Å²) in [5.74, 6) is 1.03. The Labute approximate surface area is 92.5 Å². The summed E-state index contributed by atoms with van der Waals surface area (Å²) in [6.07, 6.45) is -0.0334. The van der Waals surface area contributed by atoms with E-state index in [-0.39, 0.29) is 11.2 Å². The molecule has 16 heavy (non-hydrogen) atoms. The van der Waals surface area contributed by atoms with Crippen LogP contribution in [0.2, 0.25) is 0 Å². The third-order valence-corrected chi connectivity index (χ3v) is 2.48. The minimum absolute atomic E-state index is 0.249. The highest BCUT2D eigenvalue weighted by molar-refractivity contribution is 5.97. The van der Waals surface area contributed by atoms with Gasteiger partial charge in [-0.2, -0.15) is 0 Å². The second kappa shape index (κ2) is 4.05. The molecule has 3 N–H and O–H groups in total. The van der Waals surface area contributed by atoms with Crippen molar-refractivity contribution in [3.05, 3.63) is 16.2 Å². The van der Waals surface area contributed by atoms with Crippen molar-refractivity contribution in [3.8, 4) is 0 Å². The fraction of sp³-hybridized carbons (Fsp3) is 0.500. The van der Waals surface area contributed by atoms with Crippen molar-refractivity contribution >= 4 is 17.2 Å². The van der Waals surface area contributed by atoms with Crippen LogP contribution < -0.4 is 10.9 Å². The molecule has 0 fully saturated rings. The number of fused-ring (bicyclic) bond motifs is 1. The number of aromatic nitrogens is 2. The summed E-state index contributed by atoms with van der Waals surface area (Å²) < 4.78 is 0. The zero-order valence-electron chi connectivity index (χ0n) is 9.24. The number of H-pyrrole nitrogens is 1. The van der Waals surface area contributed by atoms with Gasteiger partial charge < -0.3 is 15.4 Å². The summed E-state index contributed by atoms with van der Waals surface area (Å²) in [5, 5.41) is 12.6. The van der Waals surface area contributed by atoms with E-state index in [9.17, 15) is 9.90 Å². The molecule has 6 heteroatoms. The van der Waals surface area contributed by atoms with E-state index < -0.39 is 6.10 Å². The monoisotopic (exact) mass is 222 g/mol. The van der Waals surface area contributed by atoms with Crippen LogP contribution in [0.5, 0.6) is 0 Å². The Morgan fingerprint density at radius 3 is 3.00 bits per heavy atom. The molecule has 0 saturated carbocycles. The summed E-state index contributed by atoms with van der Waals surface area (Å²) in [6, 6.07) is 0. The number of aliphatic imine (C=N–C) groups is 1. The van der Waals surface area contributed by atoms with Crippen molar-refractivity contribution in [1.29, 1.82) is 0 Å². The molecule has 0 saturated heterocycles. The number of aliphatic hydroxyl groups excluding tert-OH is 1. The lowest BCUT2D eigenvalue weighted by molar-refractivity contribution is 0.236. The number of hydrogen-bond acceptors (Lipinski definition) is 5. The Kier molecular flexibility index (Phi) is 2.74. The minimum Gasteiger partial charge on any atom is -0.387 e. The Morgan fingerprint density at radius 2 is 2.31 bits per heavy atom. The van der Waals surface area contributed by atoms with Crippen LogP contribution in [0.4, 0.5) is 11.5 Å². The fourth-order valence-corrected chi connectivity index (χ4v) is 1.59. The van der Waals surface area contributed by atoms with Crippen LogP contribution >= 0.6 is 0 Å². The highest BCUT2D eigenvalue weighted by atomic mass is 16.3. The van der Waals surface area contributed by atoms with Gasteiger partial charge in [-0.05, 0) is 13.3 Å². The lowest BCUT2D eigenvalue weighted by Gasteiger charge is -2.19. The Balaban J connectivity index is 2.47. The number of nitrogens with one attached hydrogen (secondary N) is 2. The first kappa shape index (κ1) is 10.8. The molecule has 1 unspecified atom stereocenters. The van der Waals surface area contributed by atoms with Gasteiger partial charge in [0, 0.05) is 0 Å². The van der Waals surface area contributed by atoms with Gasteiger partial charge in [0.2, 0.25) is 0 Å². The number of aliphatic hydroxyl groups is 1. The summed E-state index contributed by atoms with van der Waals surface area (Å²) in [4.78, 5) is 22.5. The largest absolute Gasteiger partial charge is 0.387 e. The van der Waals surface area contributed by atoms with Gasteiger partial charge in [-0.15, -0.1) is 0 Å². The second-order valence-electron chi connectivity index (χ2n) is 3.73. The first-order valence-corrected chi connectivity index (χ1v) is 5.22. The third kappa shape index (κ3) is 1.83. The lowest BCUT2D eigenvalue weighted by atomic mass is 10.1. The van der Waals surface area contributed by atoms with Crippen LogP contribution in [-0.2, 0) is 0 Å². The maximum atomic E-state index is 11.6. The lowest BCUT2D eigenvalue weighted by Crippen LogP contribution is -2.31. The zero-order chi connectivity index (χ0) is 11.7. The Hall–Kier alpha value is -1.69. The van der Waals surface area contributed by atoms with E-state index in [0.717, 1.165) is 0 Å². The molecule has 2 heterocycles. The van der Waals surface area contributed by atoms with E-state index >= 15 is 0 Å². The molecule has 2 rings (SSSR count). The van der Waals surface area contributed by atoms with Gasteiger partial charge in [-0.25, -0.2) is 9.98 Å². The summed E-state index contributed by atoms with van der Waals surface area (Å²) in [7, 11) is 0. The fourth-order valence-electron chi connectivity index (χ4n) is 1.59. The number of aryl methyl sites for hydroxylation is 1. The van der Waals surface area contributed by atoms with Gasteiger partial charge in [0.15, 0.2) is 11.5 Å². The first-order chi connectivity index (χ1) is 7.61. The molecule has 0 spiro atoms. The van der Waals surface area contributed by atoms with Crippen molar-refractivity contribution in [2.75, 3.05) is 11.9 Å². The highest BCUT2D eigenvalue weighted by Crippen LogP contribution is 2.21. The van der Waals surface area contributed by atoms with E-state index in [0.29, 0.717) is 30.3 Å². The predicted molar refractivity (Wildman–Crippen MR) is 61.5 cm³/mol. The minimum atomic E-state index is -0.610.